The average molecular weight is 269 g/mol. The predicted molar refractivity (Wildman–Crippen MR) is 78.9 cm³/mol. The summed E-state index contributed by atoms with van der Waals surface area (Å²) in [6.07, 6.45) is 6.15. The van der Waals surface area contributed by atoms with Crippen molar-refractivity contribution in [2.24, 2.45) is 0 Å². The first kappa shape index (κ1) is 13.1. The van der Waals surface area contributed by atoms with E-state index in [1.165, 1.54) is 12.8 Å². The average Bonchev–Trinajstić information content (AvgIpc) is 2.56. The van der Waals surface area contributed by atoms with Gasteiger partial charge in [-0.25, -0.2) is 0 Å². The normalized spacial score (nSPS) is 18.8. The van der Waals surface area contributed by atoms with Crippen LogP contribution in [-0.4, -0.2) is 30.2 Å². The monoisotopic (exact) mass is 269 g/mol. The van der Waals surface area contributed by atoms with Crippen LogP contribution in [-0.2, 0) is 0 Å². The maximum atomic E-state index is 5.37. The molecule has 0 saturated carbocycles. The van der Waals surface area contributed by atoms with E-state index in [0.29, 0.717) is 5.92 Å². The number of nitrogens with one attached hydrogen (secondary N) is 1. The van der Waals surface area contributed by atoms with Gasteiger partial charge in [0.15, 0.2) is 0 Å². The smallest absolute Gasteiger partial charge is 0.128 e. The van der Waals surface area contributed by atoms with Crippen molar-refractivity contribution < 1.29 is 4.74 Å². The van der Waals surface area contributed by atoms with Gasteiger partial charge in [0.2, 0.25) is 0 Å². The van der Waals surface area contributed by atoms with E-state index >= 15 is 0 Å². The zero-order valence-corrected chi connectivity index (χ0v) is 11.7. The summed E-state index contributed by atoms with van der Waals surface area (Å²) in [6.45, 7) is 2.12. The second-order valence-electron chi connectivity index (χ2n) is 5.07. The van der Waals surface area contributed by atoms with E-state index in [4.69, 9.17) is 4.74 Å². The summed E-state index contributed by atoms with van der Waals surface area (Å²) in [5.74, 6) is 1.32. The quantitative estimate of drug-likeness (QED) is 0.930. The van der Waals surface area contributed by atoms with Crippen LogP contribution in [0.1, 0.15) is 24.5 Å². The molecular weight excluding hydrogens is 250 g/mol. The summed E-state index contributed by atoms with van der Waals surface area (Å²) in [5, 5.41) is 3.41. The standard InChI is InChI=1S/C16H19N3O/c1-20-16-7-3-2-6-13(16)15-11-18-14(10-19-15)12-5-4-8-17-9-12/h2-3,6-7,10-12,17H,4-5,8-9H2,1H3/t12-/m1/s1. The molecule has 1 fully saturated rings. The number of para-hydroxylation sites is 1. The van der Waals surface area contributed by atoms with Crippen LogP contribution >= 0.6 is 0 Å². The Kier molecular flexibility index (Phi) is 3.92. The third-order valence-electron chi connectivity index (χ3n) is 3.77. The first-order valence-corrected chi connectivity index (χ1v) is 7.04. The highest BCUT2D eigenvalue weighted by Crippen LogP contribution is 2.28. The zero-order chi connectivity index (χ0) is 13.8. The lowest BCUT2D eigenvalue weighted by atomic mass is 9.96. The first-order chi connectivity index (χ1) is 9.88. The third kappa shape index (κ3) is 2.65. The van der Waals surface area contributed by atoms with Crippen LogP contribution in [0.4, 0.5) is 0 Å². The summed E-state index contributed by atoms with van der Waals surface area (Å²) < 4.78 is 5.37. The molecule has 1 N–H and O–H groups in total. The van der Waals surface area contributed by atoms with Crippen molar-refractivity contribution in [1.29, 1.82) is 0 Å². The first-order valence-electron chi connectivity index (χ1n) is 7.04. The molecular formula is C16H19N3O. The van der Waals surface area contributed by atoms with Crippen LogP contribution in [0.15, 0.2) is 36.7 Å². The van der Waals surface area contributed by atoms with Gasteiger partial charge in [-0.1, -0.05) is 12.1 Å². The number of nitrogens with zero attached hydrogens (tertiary/aromatic N) is 2. The number of piperidine rings is 1. The van der Waals surface area contributed by atoms with Gasteiger partial charge in [-0.05, 0) is 31.5 Å². The molecule has 0 aliphatic carbocycles. The Morgan fingerprint density at radius 2 is 2.10 bits per heavy atom. The SMILES string of the molecule is COc1ccccc1-c1cnc([C@@H]2CCCNC2)cn1. The van der Waals surface area contributed by atoms with E-state index in [-0.39, 0.29) is 0 Å². The number of hydrogen-bond donors (Lipinski definition) is 1. The fourth-order valence-electron chi connectivity index (χ4n) is 2.65. The summed E-state index contributed by atoms with van der Waals surface area (Å²) in [7, 11) is 1.67. The molecule has 104 valence electrons. The molecule has 1 saturated heterocycles. The van der Waals surface area contributed by atoms with Crippen LogP contribution in [0, 0.1) is 0 Å². The minimum Gasteiger partial charge on any atom is -0.496 e. The van der Waals surface area contributed by atoms with Crippen LogP contribution in [0.2, 0.25) is 0 Å². The van der Waals surface area contributed by atoms with Gasteiger partial charge in [-0.3, -0.25) is 9.97 Å². The minimum absolute atomic E-state index is 0.489. The van der Waals surface area contributed by atoms with E-state index in [2.05, 4.69) is 15.3 Å². The second-order valence-corrected chi connectivity index (χ2v) is 5.07. The lowest BCUT2D eigenvalue weighted by Crippen LogP contribution is -2.28. The summed E-state index contributed by atoms with van der Waals surface area (Å²) in [4.78, 5) is 9.16. The molecule has 3 rings (SSSR count). The molecule has 20 heavy (non-hydrogen) atoms. The highest BCUT2D eigenvalue weighted by Gasteiger charge is 2.17. The maximum absolute atomic E-state index is 5.37. The fourth-order valence-corrected chi connectivity index (χ4v) is 2.65. The van der Waals surface area contributed by atoms with Crippen molar-refractivity contribution in [2.45, 2.75) is 18.8 Å². The highest BCUT2D eigenvalue weighted by molar-refractivity contribution is 5.66. The van der Waals surface area contributed by atoms with E-state index < -0.39 is 0 Å². The van der Waals surface area contributed by atoms with Gasteiger partial charge in [-0.15, -0.1) is 0 Å². The topological polar surface area (TPSA) is 47.0 Å². The number of benzene rings is 1. The van der Waals surface area contributed by atoms with E-state index in [9.17, 15) is 0 Å². The van der Waals surface area contributed by atoms with Gasteiger partial charge in [0.05, 0.1) is 24.7 Å². The number of hydrogen-bond acceptors (Lipinski definition) is 4. The van der Waals surface area contributed by atoms with Crippen LogP contribution in [0.5, 0.6) is 5.75 Å². The van der Waals surface area contributed by atoms with Crippen molar-refractivity contribution in [3.63, 3.8) is 0 Å². The number of ether oxygens (including phenoxy) is 1. The van der Waals surface area contributed by atoms with Crippen molar-refractivity contribution in [1.82, 2.24) is 15.3 Å². The Morgan fingerprint density at radius 1 is 1.20 bits per heavy atom. The molecule has 0 amide bonds. The number of rotatable bonds is 3. The highest BCUT2D eigenvalue weighted by atomic mass is 16.5. The number of methoxy groups -OCH3 is 1. The molecule has 1 aromatic carbocycles. The lowest BCUT2D eigenvalue weighted by molar-refractivity contribution is 0.416. The second kappa shape index (κ2) is 6.01. The van der Waals surface area contributed by atoms with Gasteiger partial charge in [0, 0.05) is 24.2 Å². The molecule has 1 aliphatic rings. The predicted octanol–water partition coefficient (Wildman–Crippen LogP) is 2.62. The Morgan fingerprint density at radius 3 is 2.80 bits per heavy atom. The van der Waals surface area contributed by atoms with Crippen molar-refractivity contribution >= 4 is 0 Å². The van der Waals surface area contributed by atoms with Crippen LogP contribution < -0.4 is 10.1 Å². The van der Waals surface area contributed by atoms with Crippen molar-refractivity contribution in [3.8, 4) is 17.0 Å². The molecule has 4 nitrogen and oxygen atoms in total. The zero-order valence-electron chi connectivity index (χ0n) is 11.7. The van der Waals surface area contributed by atoms with Gasteiger partial charge in [0.1, 0.15) is 5.75 Å². The largest absolute Gasteiger partial charge is 0.496 e. The van der Waals surface area contributed by atoms with Gasteiger partial charge >= 0.3 is 0 Å². The van der Waals surface area contributed by atoms with E-state index in [0.717, 1.165) is 35.8 Å². The molecule has 0 unspecified atom stereocenters. The van der Waals surface area contributed by atoms with E-state index in [1.807, 2.05) is 36.7 Å². The molecule has 0 spiro atoms. The Balaban J connectivity index is 1.85. The molecule has 1 aliphatic heterocycles. The summed E-state index contributed by atoms with van der Waals surface area (Å²) >= 11 is 0. The van der Waals surface area contributed by atoms with Gasteiger partial charge in [-0.2, -0.15) is 0 Å². The molecule has 1 atom stereocenters. The molecule has 1 aromatic heterocycles. The Labute approximate surface area is 119 Å². The number of aromatic nitrogens is 2. The molecule has 4 heteroatoms. The summed E-state index contributed by atoms with van der Waals surface area (Å²) in [6, 6.07) is 7.89. The third-order valence-corrected chi connectivity index (χ3v) is 3.77. The minimum atomic E-state index is 0.489. The van der Waals surface area contributed by atoms with Crippen molar-refractivity contribution in [3.05, 3.63) is 42.4 Å². The lowest BCUT2D eigenvalue weighted by Gasteiger charge is -2.21. The maximum Gasteiger partial charge on any atom is 0.128 e. The Bertz CT molecular complexity index is 562. The van der Waals surface area contributed by atoms with Gasteiger partial charge in [0.25, 0.3) is 0 Å². The van der Waals surface area contributed by atoms with Crippen LogP contribution in [0.3, 0.4) is 0 Å². The van der Waals surface area contributed by atoms with Crippen LogP contribution in [0.25, 0.3) is 11.3 Å². The summed E-state index contributed by atoms with van der Waals surface area (Å²) in [5.41, 5.74) is 2.92. The van der Waals surface area contributed by atoms with Crippen molar-refractivity contribution in [2.75, 3.05) is 20.2 Å². The molecule has 2 heterocycles. The molecule has 0 radical (unpaired) electrons. The fraction of sp³-hybridized carbons (Fsp3) is 0.375. The Hall–Kier alpha value is -1.94. The van der Waals surface area contributed by atoms with E-state index in [1.54, 1.807) is 7.11 Å². The molecule has 2 aromatic rings. The molecule has 0 bridgehead atoms. The van der Waals surface area contributed by atoms with Gasteiger partial charge < -0.3 is 10.1 Å².